The number of likely N-dealkylation sites (N-methyl/N-ethyl adjacent to an activating group) is 1. The van der Waals surface area contributed by atoms with Gasteiger partial charge in [-0.25, -0.2) is 0 Å². The van der Waals surface area contributed by atoms with Crippen molar-refractivity contribution in [3.05, 3.63) is 17.5 Å². The van der Waals surface area contributed by atoms with Crippen LogP contribution in [0.4, 0.5) is 0 Å². The molecule has 92 valence electrons. The maximum Gasteiger partial charge on any atom is 0.0639 e. The second kappa shape index (κ2) is 6.01. The lowest BCUT2D eigenvalue weighted by molar-refractivity contribution is 0.137. The molecule has 1 heterocycles. The van der Waals surface area contributed by atoms with Gasteiger partial charge in [-0.05, 0) is 33.4 Å². The topological polar surface area (TPSA) is 41.3 Å². The standard InChI is InChI=1S/C12H23N3O/c1-5-11-7-12(15(6-2)13-11)9-14(4)8-10(3)16/h7,10,16H,5-6,8-9H2,1-4H3. The van der Waals surface area contributed by atoms with E-state index in [1.165, 1.54) is 5.69 Å². The Morgan fingerprint density at radius 1 is 1.50 bits per heavy atom. The molecule has 0 fully saturated rings. The fraction of sp³-hybridized carbons (Fsp3) is 0.750. The van der Waals surface area contributed by atoms with Crippen LogP contribution < -0.4 is 0 Å². The predicted molar refractivity (Wildman–Crippen MR) is 65.3 cm³/mol. The molecule has 1 rings (SSSR count). The monoisotopic (exact) mass is 225 g/mol. The zero-order chi connectivity index (χ0) is 12.1. The number of hydrogen-bond acceptors (Lipinski definition) is 3. The Hall–Kier alpha value is -0.870. The normalized spacial score (nSPS) is 13.4. The van der Waals surface area contributed by atoms with Crippen molar-refractivity contribution in [1.29, 1.82) is 0 Å². The van der Waals surface area contributed by atoms with Crippen LogP contribution in [-0.2, 0) is 19.5 Å². The van der Waals surface area contributed by atoms with E-state index in [1.54, 1.807) is 0 Å². The van der Waals surface area contributed by atoms with Gasteiger partial charge < -0.3 is 5.11 Å². The highest BCUT2D eigenvalue weighted by molar-refractivity contribution is 5.10. The van der Waals surface area contributed by atoms with E-state index in [0.717, 1.165) is 25.2 Å². The van der Waals surface area contributed by atoms with Gasteiger partial charge in [0.1, 0.15) is 0 Å². The van der Waals surface area contributed by atoms with E-state index in [1.807, 2.05) is 18.7 Å². The Kier molecular flexibility index (Phi) is 4.96. The maximum atomic E-state index is 9.31. The average molecular weight is 225 g/mol. The zero-order valence-corrected chi connectivity index (χ0v) is 10.8. The van der Waals surface area contributed by atoms with Gasteiger partial charge in [-0.3, -0.25) is 9.58 Å². The van der Waals surface area contributed by atoms with Crippen LogP contribution in [0.1, 0.15) is 32.2 Å². The van der Waals surface area contributed by atoms with Gasteiger partial charge in [0.2, 0.25) is 0 Å². The van der Waals surface area contributed by atoms with Crippen LogP contribution in [0.25, 0.3) is 0 Å². The van der Waals surface area contributed by atoms with Gasteiger partial charge in [-0.15, -0.1) is 0 Å². The van der Waals surface area contributed by atoms with Crippen molar-refractivity contribution < 1.29 is 5.11 Å². The molecule has 0 aromatic carbocycles. The molecule has 1 aromatic rings. The Balaban J connectivity index is 2.67. The fourth-order valence-electron chi connectivity index (χ4n) is 1.88. The fourth-order valence-corrected chi connectivity index (χ4v) is 1.88. The highest BCUT2D eigenvalue weighted by atomic mass is 16.3. The quantitative estimate of drug-likeness (QED) is 0.793. The van der Waals surface area contributed by atoms with Gasteiger partial charge in [0.15, 0.2) is 0 Å². The summed E-state index contributed by atoms with van der Waals surface area (Å²) in [6.07, 6.45) is 0.689. The van der Waals surface area contributed by atoms with Gasteiger partial charge >= 0.3 is 0 Å². The van der Waals surface area contributed by atoms with Crippen molar-refractivity contribution >= 4 is 0 Å². The van der Waals surface area contributed by atoms with Crippen LogP contribution >= 0.6 is 0 Å². The minimum atomic E-state index is -0.284. The molecule has 1 atom stereocenters. The molecule has 0 bridgehead atoms. The van der Waals surface area contributed by atoms with Gasteiger partial charge in [-0.1, -0.05) is 6.92 Å². The summed E-state index contributed by atoms with van der Waals surface area (Å²) in [6.45, 7) is 8.46. The molecule has 4 nitrogen and oxygen atoms in total. The average Bonchev–Trinajstić information content (AvgIpc) is 2.59. The van der Waals surface area contributed by atoms with Gasteiger partial charge in [-0.2, -0.15) is 5.10 Å². The molecule has 0 aliphatic rings. The Morgan fingerprint density at radius 2 is 2.19 bits per heavy atom. The molecule has 4 heteroatoms. The first-order valence-corrected chi connectivity index (χ1v) is 5.99. The maximum absolute atomic E-state index is 9.31. The minimum Gasteiger partial charge on any atom is -0.392 e. The van der Waals surface area contributed by atoms with Crippen LogP contribution in [-0.4, -0.2) is 39.5 Å². The number of hydrogen-bond donors (Lipinski definition) is 1. The molecule has 1 unspecified atom stereocenters. The lowest BCUT2D eigenvalue weighted by Crippen LogP contribution is -2.27. The number of rotatable bonds is 6. The second-order valence-corrected chi connectivity index (χ2v) is 4.34. The van der Waals surface area contributed by atoms with Crippen molar-refractivity contribution in [2.45, 2.75) is 46.4 Å². The highest BCUT2D eigenvalue weighted by Crippen LogP contribution is 2.08. The SMILES string of the molecule is CCc1cc(CN(C)CC(C)O)n(CC)n1. The lowest BCUT2D eigenvalue weighted by Gasteiger charge is -2.18. The Bertz CT molecular complexity index is 320. The number of aliphatic hydroxyl groups is 1. The molecule has 1 aromatic heterocycles. The molecule has 0 saturated heterocycles. The van der Waals surface area contributed by atoms with Crippen LogP contribution in [0.3, 0.4) is 0 Å². The van der Waals surface area contributed by atoms with E-state index in [9.17, 15) is 5.11 Å². The van der Waals surface area contributed by atoms with Crippen LogP contribution in [0, 0.1) is 0 Å². The summed E-state index contributed by atoms with van der Waals surface area (Å²) in [5.74, 6) is 0. The largest absolute Gasteiger partial charge is 0.392 e. The van der Waals surface area contributed by atoms with E-state index in [2.05, 4.69) is 29.9 Å². The van der Waals surface area contributed by atoms with Crippen molar-refractivity contribution in [1.82, 2.24) is 14.7 Å². The molecule has 0 saturated carbocycles. The second-order valence-electron chi connectivity index (χ2n) is 4.34. The van der Waals surface area contributed by atoms with E-state index in [4.69, 9.17) is 0 Å². The van der Waals surface area contributed by atoms with Crippen molar-refractivity contribution in [2.75, 3.05) is 13.6 Å². The summed E-state index contributed by atoms with van der Waals surface area (Å²) in [7, 11) is 2.02. The zero-order valence-electron chi connectivity index (χ0n) is 10.8. The summed E-state index contributed by atoms with van der Waals surface area (Å²) in [5.41, 5.74) is 2.37. The van der Waals surface area contributed by atoms with Crippen molar-refractivity contribution in [3.8, 4) is 0 Å². The molecule has 0 radical (unpaired) electrons. The molecule has 0 aliphatic heterocycles. The number of aliphatic hydroxyl groups excluding tert-OH is 1. The van der Waals surface area contributed by atoms with Crippen LogP contribution in [0.5, 0.6) is 0 Å². The highest BCUT2D eigenvalue weighted by Gasteiger charge is 2.09. The van der Waals surface area contributed by atoms with Gasteiger partial charge in [0.25, 0.3) is 0 Å². The molecule has 0 aliphatic carbocycles. The van der Waals surface area contributed by atoms with E-state index in [-0.39, 0.29) is 6.10 Å². The van der Waals surface area contributed by atoms with Gasteiger partial charge in [0, 0.05) is 19.6 Å². The molecule has 0 amide bonds. The smallest absolute Gasteiger partial charge is 0.0639 e. The summed E-state index contributed by atoms with van der Waals surface area (Å²) in [5, 5.41) is 13.8. The third-order valence-corrected chi connectivity index (χ3v) is 2.58. The van der Waals surface area contributed by atoms with Crippen molar-refractivity contribution in [2.24, 2.45) is 0 Å². The third-order valence-electron chi connectivity index (χ3n) is 2.58. The number of nitrogens with zero attached hydrogens (tertiary/aromatic N) is 3. The molecular formula is C12H23N3O. The lowest BCUT2D eigenvalue weighted by atomic mass is 10.3. The first-order valence-electron chi connectivity index (χ1n) is 5.99. The first kappa shape index (κ1) is 13.2. The number of aryl methyl sites for hydroxylation is 2. The Labute approximate surface area is 97.9 Å². The first-order chi connectivity index (χ1) is 7.56. The summed E-state index contributed by atoms with van der Waals surface area (Å²) >= 11 is 0. The Morgan fingerprint density at radius 3 is 2.69 bits per heavy atom. The summed E-state index contributed by atoms with van der Waals surface area (Å²) < 4.78 is 2.04. The van der Waals surface area contributed by atoms with E-state index >= 15 is 0 Å². The van der Waals surface area contributed by atoms with Crippen LogP contribution in [0.15, 0.2) is 6.07 Å². The van der Waals surface area contributed by atoms with Crippen LogP contribution in [0.2, 0.25) is 0 Å². The molecule has 1 N–H and O–H groups in total. The molecule has 0 spiro atoms. The van der Waals surface area contributed by atoms with Gasteiger partial charge in [0.05, 0.1) is 17.5 Å². The molecule has 16 heavy (non-hydrogen) atoms. The third kappa shape index (κ3) is 3.61. The minimum absolute atomic E-state index is 0.284. The van der Waals surface area contributed by atoms with E-state index in [0.29, 0.717) is 6.54 Å². The molecular weight excluding hydrogens is 202 g/mol. The van der Waals surface area contributed by atoms with Crippen molar-refractivity contribution in [3.63, 3.8) is 0 Å². The summed E-state index contributed by atoms with van der Waals surface area (Å²) in [4.78, 5) is 2.12. The number of aromatic nitrogens is 2. The van der Waals surface area contributed by atoms with E-state index < -0.39 is 0 Å². The predicted octanol–water partition coefficient (Wildman–Crippen LogP) is 1.28. The summed E-state index contributed by atoms with van der Waals surface area (Å²) in [6, 6.07) is 2.15.